The summed E-state index contributed by atoms with van der Waals surface area (Å²) in [6.07, 6.45) is 0. The number of nitrogens with zero attached hydrogens (tertiary/aromatic N) is 4. The number of sulfonamides is 1. The lowest BCUT2D eigenvalue weighted by Gasteiger charge is -2.33. The Balaban J connectivity index is 1.68. The van der Waals surface area contributed by atoms with Crippen molar-refractivity contribution in [2.75, 3.05) is 32.7 Å². The van der Waals surface area contributed by atoms with E-state index < -0.39 is 10.0 Å². The fourth-order valence-electron chi connectivity index (χ4n) is 4.54. The second kappa shape index (κ2) is 7.94. The van der Waals surface area contributed by atoms with Crippen LogP contribution in [0.25, 0.3) is 0 Å². The molecule has 0 amide bonds. The van der Waals surface area contributed by atoms with Crippen molar-refractivity contribution >= 4 is 15.8 Å². The summed E-state index contributed by atoms with van der Waals surface area (Å²) >= 11 is 0. The van der Waals surface area contributed by atoms with Crippen LogP contribution in [0.2, 0.25) is 0 Å². The maximum Gasteiger partial charge on any atom is 0.246 e. The summed E-state index contributed by atoms with van der Waals surface area (Å²) in [5.41, 5.74) is 3.76. The highest BCUT2D eigenvalue weighted by molar-refractivity contribution is 7.89. The summed E-state index contributed by atoms with van der Waals surface area (Å²) in [5, 5.41) is 6.76. The number of Topliss-reactive ketones (excluding diaryl/α,β-unsaturated/α-hetero) is 1. The van der Waals surface area contributed by atoms with Gasteiger partial charge < -0.3 is 4.57 Å². The number of rotatable bonds is 5. The standard InChI is InChI=1S/C21H33N5O3S/c1-14-12-18(17(4)26(14)21(5,6)7)19(27)13-24-8-10-25(11-9-24)30(28,29)20-15(2)22-23-16(20)3/h12H,8-11,13H2,1-7H3,(H,22,23). The van der Waals surface area contributed by atoms with E-state index in [2.05, 4.69) is 35.5 Å². The number of hydrogen-bond donors (Lipinski definition) is 1. The van der Waals surface area contributed by atoms with E-state index in [0.717, 1.165) is 17.0 Å². The van der Waals surface area contributed by atoms with Crippen LogP contribution in [0.4, 0.5) is 0 Å². The Morgan fingerprint density at radius 2 is 1.70 bits per heavy atom. The monoisotopic (exact) mass is 435 g/mol. The van der Waals surface area contributed by atoms with Crippen LogP contribution < -0.4 is 0 Å². The van der Waals surface area contributed by atoms with E-state index in [4.69, 9.17) is 0 Å². The summed E-state index contributed by atoms with van der Waals surface area (Å²) < 4.78 is 29.7. The Labute approximate surface area is 179 Å². The van der Waals surface area contributed by atoms with Gasteiger partial charge in [-0.05, 0) is 54.5 Å². The van der Waals surface area contributed by atoms with Crippen LogP contribution in [0.15, 0.2) is 11.0 Å². The molecule has 0 radical (unpaired) electrons. The van der Waals surface area contributed by atoms with Gasteiger partial charge in [-0.2, -0.15) is 9.40 Å². The average molecular weight is 436 g/mol. The van der Waals surface area contributed by atoms with Gasteiger partial charge in [-0.1, -0.05) is 0 Å². The van der Waals surface area contributed by atoms with Crippen molar-refractivity contribution in [1.82, 2.24) is 24.0 Å². The first-order valence-electron chi connectivity index (χ1n) is 10.3. The molecule has 0 aliphatic carbocycles. The van der Waals surface area contributed by atoms with E-state index >= 15 is 0 Å². The average Bonchev–Trinajstić information content (AvgIpc) is 3.13. The smallest absolute Gasteiger partial charge is 0.246 e. The Morgan fingerprint density at radius 3 is 2.17 bits per heavy atom. The molecule has 0 bridgehead atoms. The lowest BCUT2D eigenvalue weighted by Crippen LogP contribution is -2.50. The second-order valence-electron chi connectivity index (χ2n) is 9.16. The molecule has 0 aromatic carbocycles. The normalized spacial score (nSPS) is 16.9. The Kier molecular flexibility index (Phi) is 6.01. The number of piperazine rings is 1. The number of carbonyl (C=O) groups is 1. The van der Waals surface area contributed by atoms with Crippen LogP contribution in [-0.4, -0.2) is 70.9 Å². The van der Waals surface area contributed by atoms with Gasteiger partial charge >= 0.3 is 0 Å². The van der Waals surface area contributed by atoms with Gasteiger partial charge in [0, 0.05) is 48.7 Å². The van der Waals surface area contributed by atoms with Gasteiger partial charge in [-0.3, -0.25) is 14.8 Å². The molecule has 1 fully saturated rings. The summed E-state index contributed by atoms with van der Waals surface area (Å²) in [5.74, 6) is 0.0800. The van der Waals surface area contributed by atoms with Gasteiger partial charge in [0.05, 0.1) is 17.9 Å². The van der Waals surface area contributed by atoms with E-state index in [1.54, 1.807) is 13.8 Å². The quantitative estimate of drug-likeness (QED) is 0.728. The predicted octanol–water partition coefficient (Wildman–Crippen LogP) is 2.39. The minimum atomic E-state index is -3.58. The van der Waals surface area contributed by atoms with Crippen LogP contribution in [0.3, 0.4) is 0 Å². The molecule has 0 atom stereocenters. The van der Waals surface area contributed by atoms with E-state index in [9.17, 15) is 13.2 Å². The van der Waals surface area contributed by atoms with Gasteiger partial charge in [0.1, 0.15) is 4.90 Å². The van der Waals surface area contributed by atoms with Crippen LogP contribution in [0.5, 0.6) is 0 Å². The molecule has 9 heteroatoms. The van der Waals surface area contributed by atoms with E-state index in [-0.39, 0.29) is 16.2 Å². The van der Waals surface area contributed by atoms with Crippen LogP contribution in [-0.2, 0) is 15.6 Å². The molecule has 1 aliphatic heterocycles. The number of aromatic amines is 1. The molecule has 30 heavy (non-hydrogen) atoms. The molecule has 0 spiro atoms. The number of hydrogen-bond acceptors (Lipinski definition) is 5. The molecule has 1 N–H and O–H groups in total. The van der Waals surface area contributed by atoms with Crippen molar-refractivity contribution in [3.63, 3.8) is 0 Å². The minimum absolute atomic E-state index is 0.0800. The van der Waals surface area contributed by atoms with Crippen molar-refractivity contribution in [1.29, 1.82) is 0 Å². The van der Waals surface area contributed by atoms with Crippen LogP contribution in [0.1, 0.15) is 53.9 Å². The van der Waals surface area contributed by atoms with Gasteiger partial charge in [-0.15, -0.1) is 0 Å². The molecular weight excluding hydrogens is 402 g/mol. The summed E-state index contributed by atoms with van der Waals surface area (Å²) in [6.45, 7) is 15.9. The van der Waals surface area contributed by atoms with E-state index in [1.165, 1.54) is 4.31 Å². The van der Waals surface area contributed by atoms with E-state index in [1.807, 2.05) is 24.8 Å². The van der Waals surface area contributed by atoms with Crippen LogP contribution in [0, 0.1) is 27.7 Å². The summed E-state index contributed by atoms with van der Waals surface area (Å²) in [4.78, 5) is 15.3. The molecule has 8 nitrogen and oxygen atoms in total. The fraction of sp³-hybridized carbons (Fsp3) is 0.619. The Morgan fingerprint density at radius 1 is 1.10 bits per heavy atom. The van der Waals surface area contributed by atoms with Gasteiger partial charge in [0.25, 0.3) is 0 Å². The third-order valence-corrected chi connectivity index (χ3v) is 7.92. The zero-order valence-electron chi connectivity index (χ0n) is 19.0. The third kappa shape index (κ3) is 4.10. The number of carbonyl (C=O) groups excluding carboxylic acids is 1. The molecule has 0 unspecified atom stereocenters. The lowest BCUT2D eigenvalue weighted by atomic mass is 10.1. The molecule has 3 heterocycles. The predicted molar refractivity (Wildman–Crippen MR) is 116 cm³/mol. The topological polar surface area (TPSA) is 91.3 Å². The molecule has 1 saturated heterocycles. The van der Waals surface area contributed by atoms with Crippen molar-refractivity contribution in [3.05, 3.63) is 34.4 Å². The molecular formula is C21H33N5O3S. The van der Waals surface area contributed by atoms with Gasteiger partial charge in [-0.25, -0.2) is 8.42 Å². The van der Waals surface area contributed by atoms with Crippen molar-refractivity contribution in [2.24, 2.45) is 0 Å². The number of H-pyrrole nitrogens is 1. The highest BCUT2D eigenvalue weighted by Gasteiger charge is 2.33. The number of aryl methyl sites for hydroxylation is 3. The zero-order valence-corrected chi connectivity index (χ0v) is 19.9. The van der Waals surface area contributed by atoms with Gasteiger partial charge in [0.15, 0.2) is 5.78 Å². The van der Waals surface area contributed by atoms with Crippen molar-refractivity contribution in [2.45, 2.75) is 58.9 Å². The third-order valence-electron chi connectivity index (χ3n) is 5.76. The van der Waals surface area contributed by atoms with Gasteiger partial charge in [0.2, 0.25) is 10.0 Å². The summed E-state index contributed by atoms with van der Waals surface area (Å²) in [6, 6.07) is 1.97. The Bertz CT molecular complexity index is 1030. The molecule has 166 valence electrons. The molecule has 2 aromatic rings. The van der Waals surface area contributed by atoms with Crippen molar-refractivity contribution < 1.29 is 13.2 Å². The molecule has 3 rings (SSSR count). The van der Waals surface area contributed by atoms with Crippen molar-refractivity contribution in [3.8, 4) is 0 Å². The largest absolute Gasteiger partial charge is 0.343 e. The second-order valence-corrected chi connectivity index (χ2v) is 11.0. The summed E-state index contributed by atoms with van der Waals surface area (Å²) in [7, 11) is -3.58. The number of nitrogens with one attached hydrogen (secondary N) is 1. The highest BCUT2D eigenvalue weighted by atomic mass is 32.2. The number of ketones is 1. The zero-order chi connectivity index (χ0) is 22.4. The highest BCUT2D eigenvalue weighted by Crippen LogP contribution is 2.26. The molecule has 0 saturated carbocycles. The molecule has 1 aliphatic rings. The maximum absolute atomic E-state index is 13.0. The first kappa shape index (κ1) is 22.7. The molecule has 2 aromatic heterocycles. The first-order chi connectivity index (χ1) is 13.8. The number of aromatic nitrogens is 3. The van der Waals surface area contributed by atoms with Crippen LogP contribution >= 0.6 is 0 Å². The minimum Gasteiger partial charge on any atom is -0.343 e. The SMILES string of the molecule is Cc1n[nH]c(C)c1S(=O)(=O)N1CCN(CC(=O)c2cc(C)n(C(C)(C)C)c2C)CC1. The first-order valence-corrected chi connectivity index (χ1v) is 11.7. The fourth-order valence-corrected chi connectivity index (χ4v) is 6.30. The maximum atomic E-state index is 13.0. The Hall–Kier alpha value is -1.97. The lowest BCUT2D eigenvalue weighted by molar-refractivity contribution is 0.0901. The van der Waals surface area contributed by atoms with E-state index in [0.29, 0.717) is 44.1 Å².